The Morgan fingerprint density at radius 1 is 1.24 bits per heavy atom. The number of allylic oxidation sites excluding steroid dienone is 4. The summed E-state index contributed by atoms with van der Waals surface area (Å²) < 4.78 is 0. The standard InChI is InChI=1S/C16H21N/c1-5-13(3)14(6-2)12-16(17-4)15-10-8-7-9-11-15/h5,7-12H,6H2,1-4H3/b13-5-,14-12-,17-16?. The normalized spacial score (nSPS) is 14.0. The van der Waals surface area contributed by atoms with Gasteiger partial charge in [-0.3, -0.25) is 4.99 Å². The second kappa shape index (κ2) is 6.85. The molecule has 1 rings (SSSR count). The van der Waals surface area contributed by atoms with E-state index in [9.17, 15) is 0 Å². The van der Waals surface area contributed by atoms with Gasteiger partial charge in [0, 0.05) is 7.05 Å². The van der Waals surface area contributed by atoms with E-state index in [0.29, 0.717) is 0 Å². The molecule has 0 aliphatic rings. The summed E-state index contributed by atoms with van der Waals surface area (Å²) in [6.45, 7) is 6.40. The van der Waals surface area contributed by atoms with Crippen LogP contribution < -0.4 is 0 Å². The molecular formula is C16H21N. The molecule has 0 aliphatic carbocycles. The quantitative estimate of drug-likeness (QED) is 0.533. The molecule has 1 nitrogen and oxygen atoms in total. The van der Waals surface area contributed by atoms with Crippen LogP contribution in [0.2, 0.25) is 0 Å². The summed E-state index contributed by atoms with van der Waals surface area (Å²) >= 11 is 0. The summed E-state index contributed by atoms with van der Waals surface area (Å²) in [7, 11) is 1.84. The van der Waals surface area contributed by atoms with Gasteiger partial charge in [-0.2, -0.15) is 0 Å². The van der Waals surface area contributed by atoms with Gasteiger partial charge in [0.15, 0.2) is 0 Å². The minimum absolute atomic E-state index is 1.03. The van der Waals surface area contributed by atoms with E-state index in [1.165, 1.54) is 16.7 Å². The van der Waals surface area contributed by atoms with E-state index in [0.717, 1.165) is 12.1 Å². The molecule has 0 fully saturated rings. The van der Waals surface area contributed by atoms with Gasteiger partial charge < -0.3 is 0 Å². The molecule has 0 heterocycles. The molecule has 0 bridgehead atoms. The molecule has 17 heavy (non-hydrogen) atoms. The third kappa shape index (κ3) is 3.70. The van der Waals surface area contributed by atoms with Gasteiger partial charge in [-0.05, 0) is 37.5 Å². The number of rotatable bonds is 4. The Morgan fingerprint density at radius 2 is 1.88 bits per heavy atom. The van der Waals surface area contributed by atoms with Crippen LogP contribution in [-0.2, 0) is 0 Å². The highest BCUT2D eigenvalue weighted by molar-refractivity contribution is 6.09. The number of aliphatic imine (C=N–C) groups is 1. The zero-order valence-electron chi connectivity index (χ0n) is 11.2. The average Bonchev–Trinajstić information content (AvgIpc) is 2.40. The Kier molecular flexibility index (Phi) is 5.41. The smallest absolute Gasteiger partial charge is 0.0645 e. The average molecular weight is 227 g/mol. The predicted octanol–water partition coefficient (Wildman–Crippen LogP) is 4.41. The molecule has 0 spiro atoms. The Bertz CT molecular complexity index is 436. The zero-order valence-corrected chi connectivity index (χ0v) is 11.2. The fourth-order valence-corrected chi connectivity index (χ4v) is 1.73. The largest absolute Gasteiger partial charge is 0.288 e. The van der Waals surface area contributed by atoms with Crippen molar-refractivity contribution in [2.75, 3.05) is 7.05 Å². The Labute approximate surface area is 105 Å². The molecule has 0 atom stereocenters. The van der Waals surface area contributed by atoms with E-state index in [4.69, 9.17) is 0 Å². The number of benzene rings is 1. The van der Waals surface area contributed by atoms with Gasteiger partial charge in [-0.1, -0.05) is 48.9 Å². The lowest BCUT2D eigenvalue weighted by Crippen LogP contribution is -1.99. The van der Waals surface area contributed by atoms with E-state index in [1.54, 1.807) is 0 Å². The summed E-state index contributed by atoms with van der Waals surface area (Å²) in [5.74, 6) is 0. The van der Waals surface area contributed by atoms with Crippen LogP contribution in [0.1, 0.15) is 32.8 Å². The predicted molar refractivity (Wildman–Crippen MR) is 76.7 cm³/mol. The topological polar surface area (TPSA) is 12.4 Å². The fourth-order valence-electron chi connectivity index (χ4n) is 1.73. The van der Waals surface area contributed by atoms with Gasteiger partial charge in [0.25, 0.3) is 0 Å². The number of hydrogen-bond donors (Lipinski definition) is 0. The fraction of sp³-hybridized carbons (Fsp3) is 0.312. The van der Waals surface area contributed by atoms with Crippen LogP contribution in [0.15, 0.2) is 58.6 Å². The lowest BCUT2D eigenvalue weighted by Gasteiger charge is -2.07. The highest BCUT2D eigenvalue weighted by atomic mass is 14.7. The molecule has 0 saturated heterocycles. The highest BCUT2D eigenvalue weighted by Crippen LogP contribution is 2.15. The second-order valence-corrected chi connectivity index (χ2v) is 3.97. The van der Waals surface area contributed by atoms with E-state index < -0.39 is 0 Å². The van der Waals surface area contributed by atoms with Gasteiger partial charge in [0.05, 0.1) is 5.71 Å². The molecule has 1 heteroatoms. The first-order valence-corrected chi connectivity index (χ1v) is 6.09. The molecular weight excluding hydrogens is 206 g/mol. The van der Waals surface area contributed by atoms with Gasteiger partial charge in [-0.25, -0.2) is 0 Å². The van der Waals surface area contributed by atoms with Crippen molar-refractivity contribution in [3.8, 4) is 0 Å². The van der Waals surface area contributed by atoms with Crippen molar-refractivity contribution in [1.29, 1.82) is 0 Å². The second-order valence-electron chi connectivity index (χ2n) is 3.97. The number of nitrogens with zero attached hydrogens (tertiary/aromatic N) is 1. The Balaban J connectivity index is 3.10. The first kappa shape index (κ1) is 13.4. The summed E-state index contributed by atoms with van der Waals surface area (Å²) in [5, 5.41) is 0. The third-order valence-electron chi connectivity index (χ3n) is 2.94. The highest BCUT2D eigenvalue weighted by Gasteiger charge is 2.02. The monoisotopic (exact) mass is 227 g/mol. The van der Waals surface area contributed by atoms with Crippen molar-refractivity contribution in [1.82, 2.24) is 0 Å². The molecule has 1 aromatic rings. The first-order chi connectivity index (χ1) is 8.22. The minimum atomic E-state index is 1.03. The van der Waals surface area contributed by atoms with Crippen molar-refractivity contribution >= 4 is 5.71 Å². The van der Waals surface area contributed by atoms with Crippen LogP contribution in [0.3, 0.4) is 0 Å². The number of hydrogen-bond acceptors (Lipinski definition) is 1. The maximum absolute atomic E-state index is 4.38. The van der Waals surface area contributed by atoms with Crippen molar-refractivity contribution in [3.05, 3.63) is 59.2 Å². The van der Waals surface area contributed by atoms with Gasteiger partial charge in [0.1, 0.15) is 0 Å². The van der Waals surface area contributed by atoms with Crippen molar-refractivity contribution in [2.45, 2.75) is 27.2 Å². The maximum Gasteiger partial charge on any atom is 0.0645 e. The molecule has 90 valence electrons. The van der Waals surface area contributed by atoms with Crippen LogP contribution >= 0.6 is 0 Å². The van der Waals surface area contributed by atoms with Crippen LogP contribution in [0.25, 0.3) is 0 Å². The van der Waals surface area contributed by atoms with E-state index in [1.807, 2.05) is 25.2 Å². The summed E-state index contributed by atoms with van der Waals surface area (Å²) in [4.78, 5) is 4.38. The van der Waals surface area contributed by atoms with Crippen molar-refractivity contribution in [2.24, 2.45) is 4.99 Å². The molecule has 1 aromatic carbocycles. The van der Waals surface area contributed by atoms with Gasteiger partial charge in [0.2, 0.25) is 0 Å². The lowest BCUT2D eigenvalue weighted by molar-refractivity contribution is 1.10. The van der Waals surface area contributed by atoms with Crippen LogP contribution in [0, 0.1) is 0 Å². The minimum Gasteiger partial charge on any atom is -0.288 e. The molecule has 0 N–H and O–H groups in total. The zero-order chi connectivity index (χ0) is 12.7. The van der Waals surface area contributed by atoms with E-state index >= 15 is 0 Å². The molecule has 0 amide bonds. The third-order valence-corrected chi connectivity index (χ3v) is 2.94. The van der Waals surface area contributed by atoms with Crippen LogP contribution in [0.4, 0.5) is 0 Å². The maximum atomic E-state index is 4.38. The van der Waals surface area contributed by atoms with Crippen molar-refractivity contribution < 1.29 is 0 Å². The summed E-state index contributed by atoms with van der Waals surface area (Å²) in [6, 6.07) is 10.3. The van der Waals surface area contributed by atoms with Crippen molar-refractivity contribution in [3.63, 3.8) is 0 Å². The van der Waals surface area contributed by atoms with E-state index in [2.05, 4.69) is 50.0 Å². The van der Waals surface area contributed by atoms with E-state index in [-0.39, 0.29) is 0 Å². The van der Waals surface area contributed by atoms with Gasteiger partial charge >= 0.3 is 0 Å². The van der Waals surface area contributed by atoms with Crippen LogP contribution in [0.5, 0.6) is 0 Å². The molecule has 0 saturated carbocycles. The summed E-state index contributed by atoms with van der Waals surface area (Å²) in [6.07, 6.45) is 5.36. The van der Waals surface area contributed by atoms with Gasteiger partial charge in [-0.15, -0.1) is 0 Å². The summed E-state index contributed by atoms with van der Waals surface area (Å²) in [5.41, 5.74) is 4.88. The molecule has 0 radical (unpaired) electrons. The van der Waals surface area contributed by atoms with Crippen LogP contribution in [-0.4, -0.2) is 12.8 Å². The Hall–Kier alpha value is -1.63. The molecule has 0 aromatic heterocycles. The first-order valence-electron chi connectivity index (χ1n) is 6.09. The Morgan fingerprint density at radius 3 is 2.35 bits per heavy atom. The molecule has 0 unspecified atom stereocenters. The lowest BCUT2D eigenvalue weighted by atomic mass is 10.0. The molecule has 0 aliphatic heterocycles. The SMILES string of the molecule is C/C=C(C)\C(=C/C(=NC)c1ccccc1)CC.